The zero-order chi connectivity index (χ0) is 21.7. The highest BCUT2D eigenvalue weighted by Gasteiger charge is 2.77. The van der Waals surface area contributed by atoms with Crippen LogP contribution in [0.15, 0.2) is 0 Å². The Morgan fingerprint density at radius 3 is 2.57 bits per heavy atom. The van der Waals surface area contributed by atoms with Gasteiger partial charge in [-0.05, 0) is 62.8 Å². The van der Waals surface area contributed by atoms with Gasteiger partial charge in [0.1, 0.15) is 11.7 Å². The molecule has 170 valence electrons. The molecule has 10 atom stereocenters. The predicted molar refractivity (Wildman–Crippen MR) is 108 cm³/mol. The largest absolute Gasteiger partial charge is 0.462 e. The van der Waals surface area contributed by atoms with Crippen molar-refractivity contribution in [1.82, 2.24) is 4.90 Å². The Morgan fingerprint density at radius 2 is 1.90 bits per heavy atom. The van der Waals surface area contributed by atoms with Crippen LogP contribution in [0.3, 0.4) is 0 Å². The Hall–Kier alpha value is -0.730. The molecule has 6 rings (SSSR count). The standard InChI is InChI=1S/C23H37NO6/c1-13(26)30-18-5-6-20(2)10-24(3)11-22(18)16(20)4-7-21-9-15(27)14(8-17(21)22)23(29,12-25)19(21)28/h14-19,25,27-29H,4-12H2,1-3H3/t14-,15+,16-,17-,18+,19+,20+,21-,22-,23+/m1/s1. The topological polar surface area (TPSA) is 110 Å². The number of fused-ring (bicyclic) bond motifs is 2. The van der Waals surface area contributed by atoms with Gasteiger partial charge in [0.2, 0.25) is 0 Å². The minimum absolute atomic E-state index is 0.0331. The molecule has 0 unspecified atom stereocenters. The number of likely N-dealkylation sites (tertiary alicyclic amines) is 1. The van der Waals surface area contributed by atoms with E-state index >= 15 is 0 Å². The third kappa shape index (κ3) is 2.36. The summed E-state index contributed by atoms with van der Waals surface area (Å²) in [6.45, 7) is 5.10. The maximum absolute atomic E-state index is 12.1. The number of hydrogen-bond donors (Lipinski definition) is 4. The second-order valence-corrected chi connectivity index (χ2v) is 11.6. The molecule has 7 heteroatoms. The molecular formula is C23H37NO6. The van der Waals surface area contributed by atoms with Crippen molar-refractivity contribution in [3.8, 4) is 0 Å². The van der Waals surface area contributed by atoms with Crippen LogP contribution in [-0.4, -0.2) is 82.0 Å². The van der Waals surface area contributed by atoms with Gasteiger partial charge in [0, 0.05) is 36.8 Å². The SMILES string of the molecule is CC(=O)O[C@H]1CC[C@@]2(C)CN(C)C[C@]13[C@@H]2CC[C@@]12C[C@H](O)[C@@H](C[C@H]13)[C@@](O)(CO)[C@H]2O. The molecule has 1 heterocycles. The van der Waals surface area contributed by atoms with Gasteiger partial charge in [0.25, 0.3) is 0 Å². The van der Waals surface area contributed by atoms with Crippen LogP contribution < -0.4 is 0 Å². The second kappa shape index (κ2) is 6.41. The van der Waals surface area contributed by atoms with Gasteiger partial charge < -0.3 is 30.1 Å². The lowest BCUT2D eigenvalue weighted by molar-refractivity contribution is -0.343. The first kappa shape index (κ1) is 21.1. The molecule has 0 amide bonds. The molecule has 4 bridgehead atoms. The minimum Gasteiger partial charge on any atom is -0.462 e. The summed E-state index contributed by atoms with van der Waals surface area (Å²) in [5, 5.41) is 43.6. The van der Waals surface area contributed by atoms with Crippen molar-refractivity contribution in [3.05, 3.63) is 0 Å². The Balaban J connectivity index is 1.67. The van der Waals surface area contributed by atoms with Gasteiger partial charge >= 0.3 is 5.97 Å². The van der Waals surface area contributed by atoms with Crippen molar-refractivity contribution in [2.75, 3.05) is 26.7 Å². The molecule has 4 N–H and O–H groups in total. The van der Waals surface area contributed by atoms with E-state index in [-0.39, 0.29) is 28.8 Å². The van der Waals surface area contributed by atoms with Crippen molar-refractivity contribution >= 4 is 5.97 Å². The second-order valence-electron chi connectivity index (χ2n) is 11.6. The number of rotatable bonds is 2. The van der Waals surface area contributed by atoms with E-state index in [4.69, 9.17) is 4.74 Å². The lowest BCUT2D eigenvalue weighted by Crippen LogP contribution is -2.80. The molecule has 6 aliphatic rings. The summed E-state index contributed by atoms with van der Waals surface area (Å²) in [6.07, 6.45) is 2.38. The number of aliphatic hydroxyl groups excluding tert-OH is 3. The summed E-state index contributed by atoms with van der Waals surface area (Å²) < 4.78 is 6.00. The highest BCUT2D eigenvalue weighted by Crippen LogP contribution is 2.74. The number of carbonyl (C=O) groups is 1. The number of piperidine rings is 1. The third-order valence-corrected chi connectivity index (χ3v) is 10.2. The summed E-state index contributed by atoms with van der Waals surface area (Å²) >= 11 is 0. The van der Waals surface area contributed by atoms with Crippen molar-refractivity contribution in [2.24, 2.45) is 34.0 Å². The fraction of sp³-hybridized carbons (Fsp3) is 0.957. The van der Waals surface area contributed by atoms with Crippen LogP contribution in [0.1, 0.15) is 52.4 Å². The highest BCUT2D eigenvalue weighted by molar-refractivity contribution is 5.66. The molecule has 6 fully saturated rings. The van der Waals surface area contributed by atoms with Crippen LogP contribution in [0, 0.1) is 34.0 Å². The van der Waals surface area contributed by atoms with Gasteiger partial charge in [0.15, 0.2) is 0 Å². The van der Waals surface area contributed by atoms with E-state index in [0.29, 0.717) is 18.8 Å². The molecule has 1 spiro atoms. The monoisotopic (exact) mass is 423 g/mol. The molecule has 0 aromatic heterocycles. The number of esters is 1. The van der Waals surface area contributed by atoms with Gasteiger partial charge in [-0.3, -0.25) is 4.79 Å². The molecule has 5 aliphatic carbocycles. The smallest absolute Gasteiger partial charge is 0.302 e. The summed E-state index contributed by atoms with van der Waals surface area (Å²) in [5.41, 5.74) is -2.52. The fourth-order valence-corrected chi connectivity index (χ4v) is 9.53. The van der Waals surface area contributed by atoms with Crippen LogP contribution >= 0.6 is 0 Å². The summed E-state index contributed by atoms with van der Waals surface area (Å²) in [6, 6.07) is 0. The van der Waals surface area contributed by atoms with E-state index in [1.807, 2.05) is 0 Å². The number of carbonyl (C=O) groups excluding carboxylic acids is 1. The molecule has 5 saturated carbocycles. The zero-order valence-electron chi connectivity index (χ0n) is 18.4. The third-order valence-electron chi connectivity index (χ3n) is 10.2. The van der Waals surface area contributed by atoms with E-state index in [9.17, 15) is 25.2 Å². The van der Waals surface area contributed by atoms with E-state index in [2.05, 4.69) is 18.9 Å². The summed E-state index contributed by atoms with van der Waals surface area (Å²) in [7, 11) is 2.13. The van der Waals surface area contributed by atoms with Crippen LogP contribution in [0.25, 0.3) is 0 Å². The first-order valence-electron chi connectivity index (χ1n) is 11.6. The molecule has 0 aromatic rings. The van der Waals surface area contributed by atoms with Crippen molar-refractivity contribution < 1.29 is 30.0 Å². The number of aliphatic hydroxyl groups is 4. The quantitative estimate of drug-likeness (QED) is 0.480. The Kier molecular flexibility index (Phi) is 4.52. The lowest BCUT2D eigenvalue weighted by atomic mass is 9.33. The van der Waals surface area contributed by atoms with Crippen molar-refractivity contribution in [1.29, 1.82) is 0 Å². The van der Waals surface area contributed by atoms with Gasteiger partial charge in [-0.1, -0.05) is 6.92 Å². The molecule has 1 aliphatic heterocycles. The number of hydrogen-bond acceptors (Lipinski definition) is 7. The predicted octanol–water partition coefficient (Wildman–Crippen LogP) is 0.531. The highest BCUT2D eigenvalue weighted by atomic mass is 16.5. The number of nitrogens with zero attached hydrogens (tertiary/aromatic N) is 1. The number of ether oxygens (including phenoxy) is 1. The van der Waals surface area contributed by atoms with E-state index in [0.717, 1.165) is 38.8 Å². The van der Waals surface area contributed by atoms with Gasteiger partial charge in [-0.25, -0.2) is 0 Å². The van der Waals surface area contributed by atoms with Crippen molar-refractivity contribution in [2.45, 2.75) is 76.3 Å². The Morgan fingerprint density at radius 1 is 1.17 bits per heavy atom. The molecular weight excluding hydrogens is 386 g/mol. The maximum atomic E-state index is 12.1. The average molecular weight is 424 g/mol. The first-order chi connectivity index (χ1) is 14.0. The van der Waals surface area contributed by atoms with E-state index in [1.165, 1.54) is 6.92 Å². The Labute approximate surface area is 178 Å². The molecule has 0 aromatic carbocycles. The first-order valence-corrected chi connectivity index (χ1v) is 11.6. The van der Waals surface area contributed by atoms with Gasteiger partial charge in [-0.2, -0.15) is 0 Å². The summed E-state index contributed by atoms with van der Waals surface area (Å²) in [5.74, 6) is -0.430. The van der Waals surface area contributed by atoms with Crippen LogP contribution in [0.4, 0.5) is 0 Å². The van der Waals surface area contributed by atoms with Crippen LogP contribution in [0.2, 0.25) is 0 Å². The van der Waals surface area contributed by atoms with Gasteiger partial charge in [0.05, 0.1) is 18.8 Å². The summed E-state index contributed by atoms with van der Waals surface area (Å²) in [4.78, 5) is 14.4. The van der Waals surface area contributed by atoms with Crippen molar-refractivity contribution in [3.63, 3.8) is 0 Å². The zero-order valence-corrected chi connectivity index (χ0v) is 18.4. The van der Waals surface area contributed by atoms with E-state index < -0.39 is 35.7 Å². The van der Waals surface area contributed by atoms with E-state index in [1.54, 1.807) is 0 Å². The Bertz CT molecular complexity index is 747. The van der Waals surface area contributed by atoms with Crippen LogP contribution in [0.5, 0.6) is 0 Å². The minimum atomic E-state index is -1.67. The molecule has 0 radical (unpaired) electrons. The molecule has 30 heavy (non-hydrogen) atoms. The maximum Gasteiger partial charge on any atom is 0.302 e. The lowest BCUT2D eigenvalue weighted by Gasteiger charge is -2.75. The average Bonchev–Trinajstić information content (AvgIpc) is 2.66. The normalized spacial score (nSPS) is 57.4. The fourth-order valence-electron chi connectivity index (χ4n) is 9.53. The van der Waals surface area contributed by atoms with Crippen LogP contribution in [-0.2, 0) is 9.53 Å². The van der Waals surface area contributed by atoms with Gasteiger partial charge in [-0.15, -0.1) is 0 Å². The molecule has 7 nitrogen and oxygen atoms in total. The molecule has 1 saturated heterocycles.